The summed E-state index contributed by atoms with van der Waals surface area (Å²) < 4.78 is 27.2. The Hall–Kier alpha value is -1.17. The van der Waals surface area contributed by atoms with Crippen LogP contribution in [0.15, 0.2) is 36.9 Å². The summed E-state index contributed by atoms with van der Waals surface area (Å²) in [6.07, 6.45) is 10.7. The first kappa shape index (κ1) is 32.0. The van der Waals surface area contributed by atoms with Gasteiger partial charge in [-0.3, -0.25) is 4.57 Å². The van der Waals surface area contributed by atoms with Gasteiger partial charge in [-0.15, -0.1) is 6.58 Å². The molecule has 0 spiro atoms. The highest BCUT2D eigenvalue weighted by Crippen LogP contribution is 2.33. The second-order valence-corrected chi connectivity index (χ2v) is 8.82. The van der Waals surface area contributed by atoms with Crippen LogP contribution in [0.2, 0.25) is 0 Å². The van der Waals surface area contributed by atoms with E-state index in [9.17, 15) is 4.57 Å². The molecule has 1 rings (SSSR count). The summed E-state index contributed by atoms with van der Waals surface area (Å²) in [7, 11) is -4.19. The third-order valence-corrected chi connectivity index (χ3v) is 4.96. The monoisotopic (exact) mass is 460 g/mol. The van der Waals surface area contributed by atoms with E-state index in [-0.39, 0.29) is 28.1 Å². The third-order valence-electron chi connectivity index (χ3n) is 4.44. The highest BCUT2D eigenvalue weighted by atomic mass is 31.2. The molecule has 0 bridgehead atoms. The average molecular weight is 461 g/mol. The molecule has 0 aliphatic heterocycles. The molecule has 0 saturated heterocycles. The van der Waals surface area contributed by atoms with Crippen LogP contribution in [0, 0.1) is 0 Å². The van der Waals surface area contributed by atoms with Crippen molar-refractivity contribution in [2.45, 2.75) is 79.2 Å². The van der Waals surface area contributed by atoms with Crippen LogP contribution in [0.5, 0.6) is 5.75 Å². The molecule has 0 amide bonds. The number of hydrogen-bond donors (Lipinski definition) is 2. The van der Waals surface area contributed by atoms with Gasteiger partial charge in [0, 0.05) is 0 Å². The fourth-order valence-corrected chi connectivity index (χ4v) is 3.22. The summed E-state index contributed by atoms with van der Waals surface area (Å²) in [6.45, 7) is 6.41. The summed E-state index contributed by atoms with van der Waals surface area (Å²) in [5.41, 5.74) is 1.30. The minimum absolute atomic E-state index is 0. The van der Waals surface area contributed by atoms with Crippen LogP contribution >= 0.6 is 7.60 Å². The fourth-order valence-electron chi connectivity index (χ4n) is 2.88. The molecule has 1 aromatic carbocycles. The van der Waals surface area contributed by atoms with Crippen molar-refractivity contribution in [3.63, 3.8) is 0 Å². The molecule has 1 unspecified atom stereocenters. The van der Waals surface area contributed by atoms with Crippen molar-refractivity contribution in [3.8, 4) is 5.75 Å². The third kappa shape index (κ3) is 18.1. The SMILES string of the molecule is C.C.C=CCOC(COCP(=O)(O)O)COc1ccc(CCCCCCCCC)cc1. The van der Waals surface area contributed by atoms with Crippen LogP contribution in [0.4, 0.5) is 0 Å². The van der Waals surface area contributed by atoms with Gasteiger partial charge in [0.2, 0.25) is 0 Å². The van der Waals surface area contributed by atoms with Crippen molar-refractivity contribution >= 4 is 7.60 Å². The van der Waals surface area contributed by atoms with E-state index in [0.717, 1.165) is 12.2 Å². The lowest BCUT2D eigenvalue weighted by atomic mass is 10.0. The molecule has 0 aromatic heterocycles. The van der Waals surface area contributed by atoms with Crippen molar-refractivity contribution in [2.75, 3.05) is 26.2 Å². The van der Waals surface area contributed by atoms with E-state index in [4.69, 9.17) is 24.0 Å². The fraction of sp³-hybridized carbons (Fsp3) is 0.667. The number of hydrogen-bond acceptors (Lipinski definition) is 4. The molecule has 7 heteroatoms. The molecule has 0 aliphatic carbocycles. The minimum atomic E-state index is -4.19. The Balaban J connectivity index is 0. The van der Waals surface area contributed by atoms with Crippen LogP contribution in [0.3, 0.4) is 0 Å². The second-order valence-electron chi connectivity index (χ2n) is 7.23. The van der Waals surface area contributed by atoms with E-state index in [0.29, 0.717) is 6.61 Å². The predicted molar refractivity (Wildman–Crippen MR) is 130 cm³/mol. The second kappa shape index (κ2) is 19.5. The van der Waals surface area contributed by atoms with Crippen LogP contribution in [0.25, 0.3) is 0 Å². The zero-order valence-electron chi connectivity index (χ0n) is 17.6. The Morgan fingerprint density at radius 2 is 1.61 bits per heavy atom. The van der Waals surface area contributed by atoms with E-state index in [1.807, 2.05) is 12.1 Å². The molecule has 182 valence electrons. The Labute approximate surface area is 190 Å². The Morgan fingerprint density at radius 1 is 1.00 bits per heavy atom. The van der Waals surface area contributed by atoms with Crippen LogP contribution in [0.1, 0.15) is 72.3 Å². The lowest BCUT2D eigenvalue weighted by Gasteiger charge is -2.18. The van der Waals surface area contributed by atoms with Gasteiger partial charge in [0.25, 0.3) is 0 Å². The molecule has 6 nitrogen and oxygen atoms in total. The summed E-state index contributed by atoms with van der Waals surface area (Å²) in [5, 5.41) is 0. The van der Waals surface area contributed by atoms with Gasteiger partial charge in [-0.1, -0.05) is 78.5 Å². The molecule has 0 aliphatic rings. The maximum Gasteiger partial charge on any atom is 0.350 e. The van der Waals surface area contributed by atoms with Crippen molar-refractivity contribution in [1.82, 2.24) is 0 Å². The molecule has 0 saturated carbocycles. The van der Waals surface area contributed by atoms with Gasteiger partial charge in [0.15, 0.2) is 0 Å². The zero-order valence-corrected chi connectivity index (χ0v) is 18.5. The summed E-state index contributed by atoms with van der Waals surface area (Å²) in [6, 6.07) is 8.04. The van der Waals surface area contributed by atoms with Gasteiger partial charge in [0.1, 0.15) is 24.8 Å². The van der Waals surface area contributed by atoms with Crippen LogP contribution < -0.4 is 4.74 Å². The van der Waals surface area contributed by atoms with Crippen molar-refractivity contribution in [3.05, 3.63) is 42.5 Å². The predicted octanol–water partition coefficient (Wildman–Crippen LogP) is 6.35. The first-order chi connectivity index (χ1) is 13.9. The molecule has 1 aromatic rings. The molecule has 1 atom stereocenters. The van der Waals surface area contributed by atoms with Crippen LogP contribution in [-0.2, 0) is 20.5 Å². The quantitative estimate of drug-likeness (QED) is 0.151. The number of ether oxygens (including phenoxy) is 3. The van der Waals surface area contributed by atoms with Gasteiger partial charge in [-0.25, -0.2) is 0 Å². The van der Waals surface area contributed by atoms with Gasteiger partial charge in [0.05, 0.1) is 13.2 Å². The van der Waals surface area contributed by atoms with Gasteiger partial charge >= 0.3 is 7.60 Å². The van der Waals surface area contributed by atoms with Gasteiger partial charge in [-0.2, -0.15) is 0 Å². The molecule has 0 fully saturated rings. The van der Waals surface area contributed by atoms with Crippen molar-refractivity contribution < 1.29 is 28.6 Å². The van der Waals surface area contributed by atoms with E-state index >= 15 is 0 Å². The van der Waals surface area contributed by atoms with E-state index < -0.39 is 20.0 Å². The molecule has 0 radical (unpaired) electrons. The number of unbranched alkanes of at least 4 members (excludes halogenated alkanes) is 6. The zero-order chi connectivity index (χ0) is 21.4. The average Bonchev–Trinajstić information content (AvgIpc) is 2.69. The topological polar surface area (TPSA) is 85.2 Å². The van der Waals surface area contributed by atoms with Crippen molar-refractivity contribution in [2.24, 2.45) is 0 Å². The number of benzene rings is 1. The molecular weight excluding hydrogens is 415 g/mol. The molecular formula is C24H45O6P. The summed E-state index contributed by atoms with van der Waals surface area (Å²) in [5.74, 6) is 0.732. The van der Waals surface area contributed by atoms with Gasteiger partial charge < -0.3 is 24.0 Å². The minimum Gasteiger partial charge on any atom is -0.491 e. The Bertz CT molecular complexity index is 584. The summed E-state index contributed by atoms with van der Waals surface area (Å²) in [4.78, 5) is 17.7. The normalized spacial score (nSPS) is 11.8. The van der Waals surface area contributed by atoms with Gasteiger partial charge in [-0.05, 0) is 30.5 Å². The first-order valence-electron chi connectivity index (χ1n) is 10.5. The molecule has 31 heavy (non-hydrogen) atoms. The number of rotatable bonds is 18. The highest BCUT2D eigenvalue weighted by Gasteiger charge is 2.16. The highest BCUT2D eigenvalue weighted by molar-refractivity contribution is 7.51. The Morgan fingerprint density at radius 3 is 2.19 bits per heavy atom. The maximum atomic E-state index is 10.9. The summed E-state index contributed by atoms with van der Waals surface area (Å²) >= 11 is 0. The standard InChI is InChI=1S/C22H37O6P.2CH4/c1-3-5-6-7-8-9-10-11-20-12-14-21(15-13-20)28-18-22(27-16-4-2)17-26-19-29(23,24)25;;/h4,12-15,22H,2-3,5-11,16-19H2,1H3,(H2,23,24,25);2*1H4. The number of aryl methyl sites for hydroxylation is 1. The largest absolute Gasteiger partial charge is 0.491 e. The van der Waals surface area contributed by atoms with E-state index in [1.54, 1.807) is 6.08 Å². The molecule has 2 N–H and O–H groups in total. The first-order valence-corrected chi connectivity index (χ1v) is 12.3. The van der Waals surface area contributed by atoms with Crippen LogP contribution in [-0.4, -0.2) is 42.1 Å². The Kier molecular flexibility index (Phi) is 20.1. The lowest BCUT2D eigenvalue weighted by Crippen LogP contribution is -2.27. The maximum absolute atomic E-state index is 10.9. The lowest BCUT2D eigenvalue weighted by molar-refractivity contribution is -0.0203. The van der Waals surface area contributed by atoms with E-state index in [2.05, 4.69) is 25.6 Å². The smallest absolute Gasteiger partial charge is 0.350 e. The van der Waals surface area contributed by atoms with E-state index in [1.165, 1.54) is 50.5 Å². The van der Waals surface area contributed by atoms with Crippen molar-refractivity contribution in [1.29, 1.82) is 0 Å². The molecule has 0 heterocycles.